The Hall–Kier alpha value is -3.51. The molecule has 4 amide bonds. The van der Waals surface area contributed by atoms with Crippen LogP contribution in [0.4, 0.5) is 0 Å². The van der Waals surface area contributed by atoms with Crippen molar-refractivity contribution < 1.29 is 33.8 Å². The number of carbonyl (C=O) groups excluding carboxylic acids is 5. The second-order valence-electron chi connectivity index (χ2n) is 12.9. The van der Waals surface area contributed by atoms with E-state index < -0.39 is 71.8 Å². The van der Waals surface area contributed by atoms with Gasteiger partial charge in [-0.2, -0.15) is 0 Å². The highest BCUT2D eigenvalue weighted by Crippen LogP contribution is 2.22. The summed E-state index contributed by atoms with van der Waals surface area (Å²) in [7, 11) is 1.25. The molecule has 0 bridgehead atoms. The molecule has 254 valence electrons. The Labute approximate surface area is 268 Å². The Morgan fingerprint density at radius 2 is 1.29 bits per heavy atom. The Bertz CT molecular complexity index is 1110. The Balaban J connectivity index is 3.21. The van der Waals surface area contributed by atoms with Crippen molar-refractivity contribution in [2.75, 3.05) is 7.11 Å². The van der Waals surface area contributed by atoms with Gasteiger partial charge in [0.05, 0.1) is 25.3 Å². The highest BCUT2D eigenvalue weighted by atomic mass is 16.5. The van der Waals surface area contributed by atoms with Gasteiger partial charge in [-0.25, -0.2) is 4.79 Å². The third kappa shape index (κ3) is 13.6. The number of aliphatic hydroxyl groups excluding tert-OH is 1. The molecule has 0 aliphatic rings. The predicted molar refractivity (Wildman–Crippen MR) is 172 cm³/mol. The van der Waals surface area contributed by atoms with Crippen LogP contribution in [0.3, 0.4) is 0 Å². The van der Waals surface area contributed by atoms with Crippen LogP contribution in [0.5, 0.6) is 0 Å². The van der Waals surface area contributed by atoms with E-state index in [0.717, 1.165) is 5.56 Å². The summed E-state index contributed by atoms with van der Waals surface area (Å²) in [6.45, 7) is 14.1. The van der Waals surface area contributed by atoms with E-state index in [2.05, 4.69) is 21.3 Å². The molecule has 0 saturated carbocycles. The number of esters is 1. The molecule has 1 aromatic carbocycles. The first-order chi connectivity index (χ1) is 21.0. The number of carbonyl (C=O) groups is 5. The van der Waals surface area contributed by atoms with E-state index in [1.165, 1.54) is 21.0 Å². The summed E-state index contributed by atoms with van der Waals surface area (Å²) < 4.78 is 4.83. The third-order valence-electron chi connectivity index (χ3n) is 7.58. The van der Waals surface area contributed by atoms with Crippen LogP contribution in [-0.2, 0) is 35.1 Å². The number of ether oxygens (including phenoxy) is 1. The number of methoxy groups -OCH3 is 1. The van der Waals surface area contributed by atoms with Gasteiger partial charge in [0.25, 0.3) is 0 Å². The van der Waals surface area contributed by atoms with Crippen LogP contribution in [0.15, 0.2) is 30.3 Å². The van der Waals surface area contributed by atoms with Crippen LogP contribution in [0.25, 0.3) is 0 Å². The van der Waals surface area contributed by atoms with Gasteiger partial charge in [0.15, 0.2) is 0 Å². The molecule has 0 spiro atoms. The zero-order valence-corrected chi connectivity index (χ0v) is 28.3. The van der Waals surface area contributed by atoms with Crippen LogP contribution in [0.1, 0.15) is 73.8 Å². The molecule has 7 atom stereocenters. The molecule has 12 heteroatoms. The van der Waals surface area contributed by atoms with Crippen molar-refractivity contribution in [3.05, 3.63) is 35.9 Å². The number of aliphatic hydroxyl groups is 1. The Morgan fingerprint density at radius 1 is 0.733 bits per heavy atom. The first-order valence-corrected chi connectivity index (χ1v) is 15.7. The highest BCUT2D eigenvalue weighted by Gasteiger charge is 2.35. The minimum atomic E-state index is -1.14. The maximum atomic E-state index is 13.7. The molecule has 0 aliphatic heterocycles. The van der Waals surface area contributed by atoms with Gasteiger partial charge in [-0.3, -0.25) is 19.2 Å². The average molecular weight is 634 g/mol. The molecular weight excluding hydrogens is 578 g/mol. The van der Waals surface area contributed by atoms with Gasteiger partial charge in [-0.15, -0.1) is 0 Å². The topological polar surface area (TPSA) is 189 Å². The summed E-state index contributed by atoms with van der Waals surface area (Å²) in [4.78, 5) is 64.3. The van der Waals surface area contributed by atoms with E-state index >= 15 is 0 Å². The zero-order valence-electron chi connectivity index (χ0n) is 28.3. The normalized spacial score (nSPS) is 16.1. The van der Waals surface area contributed by atoms with Crippen molar-refractivity contribution >= 4 is 29.6 Å². The van der Waals surface area contributed by atoms with E-state index in [1.54, 1.807) is 27.7 Å². The van der Waals surface area contributed by atoms with Gasteiger partial charge < -0.3 is 36.8 Å². The second kappa shape index (κ2) is 19.1. The molecule has 0 aliphatic carbocycles. The second-order valence-corrected chi connectivity index (χ2v) is 12.9. The lowest BCUT2D eigenvalue weighted by Gasteiger charge is -2.31. The van der Waals surface area contributed by atoms with Crippen LogP contribution < -0.4 is 27.0 Å². The number of nitrogens with one attached hydrogen (secondary N) is 4. The largest absolute Gasteiger partial charge is 0.467 e. The van der Waals surface area contributed by atoms with Crippen LogP contribution in [0, 0.1) is 23.7 Å². The standard InChI is InChI=1S/C33H55N5O7/c1-18(2)15-24(31(42)37-27(19(3)4)32(43)38-28(20(5)6)33(44)45-9)17-26(39)25(16-23-13-11-10-12-14-23)36-30(41)22(8)35-29(40)21(7)34/h10-14,18-22,24-28,39H,15-17,34H2,1-9H3,(H,35,40)(H,36,41)(H,37,42)(H,38,43)/t21-,22-,24+,25-,26-,27-,28-/m0/s1. The Kier molecular flexibility index (Phi) is 16.8. The van der Waals surface area contributed by atoms with Crippen LogP contribution >= 0.6 is 0 Å². The van der Waals surface area contributed by atoms with Gasteiger partial charge >= 0.3 is 5.97 Å². The maximum Gasteiger partial charge on any atom is 0.328 e. The van der Waals surface area contributed by atoms with Gasteiger partial charge in [0, 0.05) is 5.92 Å². The van der Waals surface area contributed by atoms with Crippen LogP contribution in [-0.4, -0.2) is 78.1 Å². The number of benzene rings is 1. The molecule has 45 heavy (non-hydrogen) atoms. The highest BCUT2D eigenvalue weighted by molar-refractivity contribution is 5.91. The molecule has 0 fully saturated rings. The van der Waals surface area contributed by atoms with Crippen molar-refractivity contribution in [1.82, 2.24) is 21.3 Å². The molecule has 0 heterocycles. The molecular formula is C33H55N5O7. The van der Waals surface area contributed by atoms with Crippen molar-refractivity contribution in [2.45, 2.75) is 111 Å². The number of amides is 4. The average Bonchev–Trinajstić information content (AvgIpc) is 2.96. The quantitative estimate of drug-likeness (QED) is 0.131. The predicted octanol–water partition coefficient (Wildman–Crippen LogP) is 1.43. The number of hydrogen-bond acceptors (Lipinski definition) is 8. The third-order valence-corrected chi connectivity index (χ3v) is 7.58. The van der Waals surface area contributed by atoms with Crippen molar-refractivity contribution in [1.29, 1.82) is 0 Å². The lowest BCUT2D eigenvalue weighted by molar-refractivity contribution is -0.147. The van der Waals surface area contributed by atoms with E-state index in [4.69, 9.17) is 10.5 Å². The van der Waals surface area contributed by atoms with E-state index in [-0.39, 0.29) is 30.6 Å². The lowest BCUT2D eigenvalue weighted by Crippen LogP contribution is -2.56. The molecule has 7 N–H and O–H groups in total. The zero-order chi connectivity index (χ0) is 34.4. The fourth-order valence-electron chi connectivity index (χ4n) is 4.88. The monoisotopic (exact) mass is 633 g/mol. The first-order valence-electron chi connectivity index (χ1n) is 15.7. The van der Waals surface area contributed by atoms with Crippen molar-refractivity contribution in [2.24, 2.45) is 29.4 Å². The first kappa shape index (κ1) is 39.5. The van der Waals surface area contributed by atoms with E-state index in [9.17, 15) is 29.1 Å². The molecule has 0 unspecified atom stereocenters. The van der Waals surface area contributed by atoms with Crippen LogP contribution in [0.2, 0.25) is 0 Å². The Morgan fingerprint density at radius 3 is 1.78 bits per heavy atom. The summed E-state index contributed by atoms with van der Waals surface area (Å²) >= 11 is 0. The smallest absolute Gasteiger partial charge is 0.328 e. The van der Waals surface area contributed by atoms with Gasteiger partial charge in [0.1, 0.15) is 18.1 Å². The summed E-state index contributed by atoms with van der Waals surface area (Å²) in [6, 6.07) is 4.99. The summed E-state index contributed by atoms with van der Waals surface area (Å²) in [6.07, 6.45) is -0.445. The molecule has 0 aromatic heterocycles. The SMILES string of the molecule is COC(=O)[C@@H](NC(=O)[C@@H](NC(=O)[C@H](CC(C)C)C[C@H](O)[C@H](Cc1ccccc1)NC(=O)[C@H](C)NC(=O)[C@H](C)N)C(C)C)C(C)C. The fraction of sp³-hybridized carbons (Fsp3) is 0.667. The number of rotatable bonds is 18. The minimum Gasteiger partial charge on any atom is -0.467 e. The number of hydrogen-bond donors (Lipinski definition) is 6. The fourth-order valence-corrected chi connectivity index (χ4v) is 4.88. The number of nitrogens with two attached hydrogens (primary N) is 1. The van der Waals surface area contributed by atoms with Crippen molar-refractivity contribution in [3.8, 4) is 0 Å². The van der Waals surface area contributed by atoms with Gasteiger partial charge in [-0.05, 0) is 56.4 Å². The summed E-state index contributed by atoms with van der Waals surface area (Å²) in [5.41, 5.74) is 6.48. The molecule has 0 saturated heterocycles. The van der Waals surface area contributed by atoms with Gasteiger partial charge in [-0.1, -0.05) is 71.9 Å². The van der Waals surface area contributed by atoms with Gasteiger partial charge in [0.2, 0.25) is 23.6 Å². The summed E-state index contributed by atoms with van der Waals surface area (Å²) in [5, 5.41) is 22.5. The maximum absolute atomic E-state index is 13.7. The molecule has 0 radical (unpaired) electrons. The molecule has 1 aromatic rings. The molecule has 1 rings (SSSR count). The minimum absolute atomic E-state index is 0.00554. The van der Waals surface area contributed by atoms with Crippen molar-refractivity contribution in [3.63, 3.8) is 0 Å². The molecule has 12 nitrogen and oxygen atoms in total. The van der Waals surface area contributed by atoms with E-state index in [1.807, 2.05) is 44.2 Å². The van der Waals surface area contributed by atoms with E-state index in [0.29, 0.717) is 6.42 Å². The summed E-state index contributed by atoms with van der Waals surface area (Å²) in [5.74, 6) is -3.65. The lowest BCUT2D eigenvalue weighted by atomic mass is 9.87.